The lowest BCUT2D eigenvalue weighted by Crippen LogP contribution is -2.22. The first kappa shape index (κ1) is 21.7. The standard InChI is InChI=1S/C22H25N5O2S/c1-15(2)18-8-10-20(11-9-18)27-22(24-25-26-27)30-14-21(29)19-6-4-17(5-7-19)12-13-23-16(3)28/h4-11,15H,12-14H2,1-3H3,(H,23,28). The summed E-state index contributed by atoms with van der Waals surface area (Å²) in [6.45, 7) is 6.37. The SMILES string of the molecule is CC(=O)NCCc1ccc(C(=O)CSc2nnnn2-c2ccc(C(C)C)cc2)cc1. The van der Waals surface area contributed by atoms with Crippen molar-refractivity contribution in [3.05, 3.63) is 65.2 Å². The molecule has 30 heavy (non-hydrogen) atoms. The number of benzene rings is 2. The lowest BCUT2D eigenvalue weighted by Gasteiger charge is -2.08. The molecule has 0 aliphatic rings. The average Bonchev–Trinajstić information content (AvgIpc) is 3.21. The number of amides is 1. The molecule has 1 aromatic heterocycles. The third-order valence-electron chi connectivity index (χ3n) is 4.64. The van der Waals surface area contributed by atoms with Crippen molar-refractivity contribution in [2.45, 2.75) is 38.3 Å². The number of thioether (sulfide) groups is 1. The zero-order chi connectivity index (χ0) is 21.5. The maximum Gasteiger partial charge on any atom is 0.216 e. The van der Waals surface area contributed by atoms with E-state index in [0.717, 1.165) is 17.7 Å². The van der Waals surface area contributed by atoms with Crippen LogP contribution in [0.5, 0.6) is 0 Å². The average molecular weight is 424 g/mol. The number of nitrogens with one attached hydrogen (secondary N) is 1. The summed E-state index contributed by atoms with van der Waals surface area (Å²) >= 11 is 1.31. The Morgan fingerprint density at radius 2 is 1.77 bits per heavy atom. The minimum absolute atomic E-state index is 0.0121. The lowest BCUT2D eigenvalue weighted by molar-refractivity contribution is -0.118. The van der Waals surface area contributed by atoms with E-state index < -0.39 is 0 Å². The summed E-state index contributed by atoms with van der Waals surface area (Å²) in [5.41, 5.74) is 3.83. The molecule has 0 bridgehead atoms. The normalized spacial score (nSPS) is 10.9. The first-order chi connectivity index (χ1) is 14.4. The summed E-state index contributed by atoms with van der Waals surface area (Å²) in [4.78, 5) is 23.5. The highest BCUT2D eigenvalue weighted by Crippen LogP contribution is 2.21. The van der Waals surface area contributed by atoms with E-state index in [1.807, 2.05) is 36.4 Å². The Bertz CT molecular complexity index is 997. The van der Waals surface area contributed by atoms with Crippen molar-refractivity contribution >= 4 is 23.5 Å². The van der Waals surface area contributed by atoms with Crippen LogP contribution in [0.3, 0.4) is 0 Å². The van der Waals surface area contributed by atoms with Gasteiger partial charge in [-0.25, -0.2) is 0 Å². The zero-order valence-corrected chi connectivity index (χ0v) is 18.1. The van der Waals surface area contributed by atoms with Gasteiger partial charge in [0.15, 0.2) is 5.78 Å². The summed E-state index contributed by atoms with van der Waals surface area (Å²) in [5.74, 6) is 0.668. The second kappa shape index (κ2) is 10.2. The van der Waals surface area contributed by atoms with Crippen LogP contribution in [0, 0.1) is 0 Å². The number of ketones is 1. The minimum Gasteiger partial charge on any atom is -0.356 e. The molecule has 8 heteroatoms. The van der Waals surface area contributed by atoms with Gasteiger partial charge in [-0.15, -0.1) is 5.10 Å². The Balaban J connectivity index is 1.59. The highest BCUT2D eigenvalue weighted by Gasteiger charge is 2.13. The summed E-state index contributed by atoms with van der Waals surface area (Å²) in [5, 5.41) is 15.2. The van der Waals surface area contributed by atoms with Gasteiger partial charge in [-0.2, -0.15) is 4.68 Å². The van der Waals surface area contributed by atoms with Crippen molar-refractivity contribution in [1.29, 1.82) is 0 Å². The van der Waals surface area contributed by atoms with Crippen LogP contribution in [0.25, 0.3) is 5.69 Å². The van der Waals surface area contributed by atoms with Crippen LogP contribution in [0.2, 0.25) is 0 Å². The zero-order valence-electron chi connectivity index (χ0n) is 17.3. The molecule has 7 nitrogen and oxygen atoms in total. The smallest absolute Gasteiger partial charge is 0.216 e. The summed E-state index contributed by atoms with van der Waals surface area (Å²) in [6.07, 6.45) is 0.729. The van der Waals surface area contributed by atoms with Crippen molar-refractivity contribution in [3.8, 4) is 5.69 Å². The third kappa shape index (κ3) is 5.76. The van der Waals surface area contributed by atoms with E-state index in [-0.39, 0.29) is 17.4 Å². The molecule has 1 amide bonds. The second-order valence-electron chi connectivity index (χ2n) is 7.26. The fourth-order valence-corrected chi connectivity index (χ4v) is 3.67. The predicted octanol–water partition coefficient (Wildman–Crippen LogP) is 3.44. The second-order valence-corrected chi connectivity index (χ2v) is 8.20. The molecule has 1 heterocycles. The van der Waals surface area contributed by atoms with Gasteiger partial charge in [0.2, 0.25) is 11.1 Å². The first-order valence-electron chi connectivity index (χ1n) is 9.82. The third-order valence-corrected chi connectivity index (χ3v) is 5.56. The van der Waals surface area contributed by atoms with E-state index in [9.17, 15) is 9.59 Å². The molecule has 0 unspecified atom stereocenters. The molecule has 2 aromatic carbocycles. The van der Waals surface area contributed by atoms with Crippen LogP contribution < -0.4 is 5.32 Å². The molecule has 3 rings (SSSR count). The number of tetrazole rings is 1. The van der Waals surface area contributed by atoms with E-state index in [1.165, 1.54) is 24.2 Å². The molecule has 0 saturated heterocycles. The summed E-state index contributed by atoms with van der Waals surface area (Å²) in [6, 6.07) is 15.6. The van der Waals surface area contributed by atoms with Crippen molar-refractivity contribution in [1.82, 2.24) is 25.5 Å². The fraction of sp³-hybridized carbons (Fsp3) is 0.318. The van der Waals surface area contributed by atoms with Crippen molar-refractivity contribution in [2.24, 2.45) is 0 Å². The number of Topliss-reactive ketones (excluding diaryl/α,β-unsaturated/α-hetero) is 1. The Hall–Kier alpha value is -3.00. The number of hydrogen-bond donors (Lipinski definition) is 1. The van der Waals surface area contributed by atoms with Crippen LogP contribution in [-0.2, 0) is 11.2 Å². The summed E-state index contributed by atoms with van der Waals surface area (Å²) < 4.78 is 1.65. The number of hydrogen-bond acceptors (Lipinski definition) is 6. The molecule has 0 saturated carbocycles. The molecule has 0 atom stereocenters. The van der Waals surface area contributed by atoms with Gasteiger partial charge in [0, 0.05) is 19.0 Å². The molecular formula is C22H25N5O2S. The Kier molecular flexibility index (Phi) is 7.35. The first-order valence-corrected chi connectivity index (χ1v) is 10.8. The van der Waals surface area contributed by atoms with Crippen LogP contribution >= 0.6 is 11.8 Å². The highest BCUT2D eigenvalue weighted by atomic mass is 32.2. The Morgan fingerprint density at radius 1 is 1.07 bits per heavy atom. The van der Waals surface area contributed by atoms with E-state index in [4.69, 9.17) is 0 Å². The van der Waals surface area contributed by atoms with Crippen LogP contribution in [0.4, 0.5) is 0 Å². The lowest BCUT2D eigenvalue weighted by atomic mass is 10.0. The van der Waals surface area contributed by atoms with Crippen molar-refractivity contribution in [2.75, 3.05) is 12.3 Å². The van der Waals surface area contributed by atoms with Gasteiger partial charge in [-0.05, 0) is 46.0 Å². The maximum atomic E-state index is 12.6. The quantitative estimate of drug-likeness (QED) is 0.419. The number of nitrogens with zero attached hydrogens (tertiary/aromatic N) is 4. The van der Waals surface area contributed by atoms with Gasteiger partial charge in [-0.1, -0.05) is 62.0 Å². The minimum atomic E-state index is -0.0444. The molecule has 156 valence electrons. The van der Waals surface area contributed by atoms with E-state index in [2.05, 4.69) is 46.8 Å². The van der Waals surface area contributed by atoms with Gasteiger partial charge < -0.3 is 5.32 Å². The number of carbonyl (C=O) groups excluding carboxylic acids is 2. The topological polar surface area (TPSA) is 89.8 Å². The largest absolute Gasteiger partial charge is 0.356 e. The van der Waals surface area contributed by atoms with E-state index >= 15 is 0 Å². The maximum absolute atomic E-state index is 12.6. The van der Waals surface area contributed by atoms with E-state index in [0.29, 0.717) is 23.2 Å². The molecule has 0 aliphatic carbocycles. The molecule has 0 aliphatic heterocycles. The van der Waals surface area contributed by atoms with Crippen LogP contribution in [0.15, 0.2) is 53.7 Å². The van der Waals surface area contributed by atoms with E-state index in [1.54, 1.807) is 4.68 Å². The molecule has 3 aromatic rings. The Morgan fingerprint density at radius 3 is 2.40 bits per heavy atom. The molecular weight excluding hydrogens is 398 g/mol. The molecule has 0 spiro atoms. The Labute approximate surface area is 180 Å². The molecule has 0 radical (unpaired) electrons. The fourth-order valence-electron chi connectivity index (χ4n) is 2.88. The number of carbonyl (C=O) groups is 2. The molecule has 1 N–H and O–H groups in total. The van der Waals surface area contributed by atoms with Gasteiger partial charge in [0.05, 0.1) is 11.4 Å². The highest BCUT2D eigenvalue weighted by molar-refractivity contribution is 7.99. The van der Waals surface area contributed by atoms with Crippen LogP contribution in [0.1, 0.15) is 48.2 Å². The van der Waals surface area contributed by atoms with Gasteiger partial charge in [-0.3, -0.25) is 9.59 Å². The number of rotatable bonds is 9. The van der Waals surface area contributed by atoms with Gasteiger partial charge >= 0.3 is 0 Å². The van der Waals surface area contributed by atoms with Crippen molar-refractivity contribution < 1.29 is 9.59 Å². The van der Waals surface area contributed by atoms with Crippen molar-refractivity contribution in [3.63, 3.8) is 0 Å². The number of aromatic nitrogens is 4. The van der Waals surface area contributed by atoms with Gasteiger partial charge in [0.1, 0.15) is 0 Å². The molecule has 0 fully saturated rings. The summed E-state index contributed by atoms with van der Waals surface area (Å²) in [7, 11) is 0. The van der Waals surface area contributed by atoms with Crippen LogP contribution in [-0.4, -0.2) is 44.2 Å². The van der Waals surface area contributed by atoms with Gasteiger partial charge in [0.25, 0.3) is 0 Å². The predicted molar refractivity (Wildman–Crippen MR) is 117 cm³/mol. The monoisotopic (exact) mass is 423 g/mol.